The van der Waals surface area contributed by atoms with Gasteiger partial charge in [-0.15, -0.1) is 0 Å². The van der Waals surface area contributed by atoms with Crippen molar-refractivity contribution in [1.82, 2.24) is 9.88 Å². The van der Waals surface area contributed by atoms with Crippen LogP contribution in [0, 0.1) is 0 Å². The molecule has 1 aromatic rings. The Morgan fingerprint density at radius 1 is 1.42 bits per heavy atom. The molecule has 1 N–H and O–H groups in total. The van der Waals surface area contributed by atoms with Gasteiger partial charge >= 0.3 is 18.3 Å². The summed E-state index contributed by atoms with van der Waals surface area (Å²) < 4.78 is 54.0. The Morgan fingerprint density at radius 3 is 2.67 bits per heavy atom. The minimum atomic E-state index is -4.31. The number of aromatic nitrogens is 1. The molecule has 2 rings (SSSR count). The molecule has 0 aliphatic carbocycles. The Kier molecular flexibility index (Phi) is 5.25. The summed E-state index contributed by atoms with van der Waals surface area (Å²) in [7, 11) is 0. The first-order valence-electron chi connectivity index (χ1n) is 7.01. The van der Waals surface area contributed by atoms with E-state index in [2.05, 4.69) is 9.72 Å². The summed E-state index contributed by atoms with van der Waals surface area (Å²) in [4.78, 5) is 28.1. The first-order chi connectivity index (χ1) is 11.2. The van der Waals surface area contributed by atoms with Gasteiger partial charge in [0.15, 0.2) is 6.61 Å². The fourth-order valence-electron chi connectivity index (χ4n) is 2.26. The van der Waals surface area contributed by atoms with Gasteiger partial charge in [0, 0.05) is 18.8 Å². The molecule has 0 radical (unpaired) electrons. The molecule has 1 unspecified atom stereocenters. The van der Waals surface area contributed by atoms with Crippen LogP contribution in [-0.4, -0.2) is 58.4 Å². The highest BCUT2D eigenvalue weighted by Gasteiger charge is 2.42. The van der Waals surface area contributed by atoms with Crippen LogP contribution >= 0.6 is 0 Å². The fourth-order valence-corrected chi connectivity index (χ4v) is 2.26. The maximum absolute atomic E-state index is 12.7. The van der Waals surface area contributed by atoms with E-state index in [1.54, 1.807) is 0 Å². The Morgan fingerprint density at radius 2 is 2.12 bits per heavy atom. The SMILES string of the molecule is O=C(O)C1CCCN1C(=O)c1ccc(OCC(F)(F)C(F)F)nc1. The van der Waals surface area contributed by atoms with Crippen molar-refractivity contribution < 1.29 is 37.0 Å². The summed E-state index contributed by atoms with van der Waals surface area (Å²) in [5, 5.41) is 9.05. The van der Waals surface area contributed by atoms with Gasteiger partial charge in [0.2, 0.25) is 5.88 Å². The van der Waals surface area contributed by atoms with Crippen LogP contribution < -0.4 is 4.74 Å². The monoisotopic (exact) mass is 350 g/mol. The van der Waals surface area contributed by atoms with Gasteiger partial charge in [-0.25, -0.2) is 18.6 Å². The molecule has 0 saturated carbocycles. The predicted octanol–water partition coefficient (Wildman–Crippen LogP) is 2.05. The lowest BCUT2D eigenvalue weighted by molar-refractivity contribution is -0.148. The van der Waals surface area contributed by atoms with Crippen molar-refractivity contribution in [2.24, 2.45) is 0 Å². The third-order valence-corrected chi connectivity index (χ3v) is 3.51. The van der Waals surface area contributed by atoms with Crippen LogP contribution in [0.5, 0.6) is 5.88 Å². The molecule has 132 valence electrons. The van der Waals surface area contributed by atoms with Gasteiger partial charge in [-0.3, -0.25) is 4.79 Å². The summed E-state index contributed by atoms with van der Waals surface area (Å²) in [5.74, 6) is -6.32. The van der Waals surface area contributed by atoms with Gasteiger partial charge in [0.05, 0.1) is 5.56 Å². The highest BCUT2D eigenvalue weighted by molar-refractivity contribution is 5.96. The molecule has 1 atom stereocenters. The number of alkyl halides is 4. The molecule has 1 amide bonds. The number of carboxylic acid groups (broad SMARTS) is 1. The van der Waals surface area contributed by atoms with Crippen LogP contribution in [0.2, 0.25) is 0 Å². The summed E-state index contributed by atoms with van der Waals surface area (Å²) in [5.41, 5.74) is 0.0520. The first-order valence-corrected chi connectivity index (χ1v) is 7.01. The number of amides is 1. The molecule has 0 aromatic carbocycles. The Hall–Kier alpha value is -2.39. The molecule has 1 aliphatic heterocycles. The second-order valence-electron chi connectivity index (χ2n) is 5.23. The molecule has 6 nitrogen and oxygen atoms in total. The van der Waals surface area contributed by atoms with Gasteiger partial charge in [-0.1, -0.05) is 0 Å². The smallest absolute Gasteiger partial charge is 0.340 e. The number of aliphatic carboxylic acids is 1. The van der Waals surface area contributed by atoms with Gasteiger partial charge < -0.3 is 14.7 Å². The average molecular weight is 350 g/mol. The molecule has 1 aromatic heterocycles. The number of pyridine rings is 1. The number of hydrogen-bond donors (Lipinski definition) is 1. The number of hydrogen-bond acceptors (Lipinski definition) is 4. The van der Waals surface area contributed by atoms with Crippen molar-refractivity contribution in [2.75, 3.05) is 13.2 Å². The van der Waals surface area contributed by atoms with Crippen molar-refractivity contribution in [3.63, 3.8) is 0 Å². The van der Waals surface area contributed by atoms with Gasteiger partial charge in [0.1, 0.15) is 6.04 Å². The number of carbonyl (C=O) groups excluding carboxylic acids is 1. The van der Waals surface area contributed by atoms with Crippen molar-refractivity contribution in [2.45, 2.75) is 31.2 Å². The normalized spacial score (nSPS) is 18.0. The third-order valence-electron chi connectivity index (χ3n) is 3.51. The average Bonchev–Trinajstić information content (AvgIpc) is 3.02. The summed E-state index contributed by atoms with van der Waals surface area (Å²) in [6.07, 6.45) is -1.94. The molecular formula is C14H14F4N2O4. The number of halogens is 4. The zero-order chi connectivity index (χ0) is 17.9. The predicted molar refractivity (Wildman–Crippen MR) is 72.4 cm³/mol. The van der Waals surface area contributed by atoms with Crippen molar-refractivity contribution in [3.8, 4) is 5.88 Å². The van der Waals surface area contributed by atoms with E-state index >= 15 is 0 Å². The van der Waals surface area contributed by atoms with Crippen LogP contribution in [0.3, 0.4) is 0 Å². The van der Waals surface area contributed by atoms with E-state index in [-0.39, 0.29) is 18.0 Å². The summed E-state index contributed by atoms with van der Waals surface area (Å²) in [6, 6.07) is 1.38. The van der Waals surface area contributed by atoms with E-state index in [0.717, 1.165) is 12.3 Å². The Balaban J connectivity index is 2.01. The Labute approximate surface area is 134 Å². The summed E-state index contributed by atoms with van der Waals surface area (Å²) in [6.45, 7) is -1.26. The molecule has 1 aliphatic rings. The largest absolute Gasteiger partial charge is 0.480 e. The fraction of sp³-hybridized carbons (Fsp3) is 0.500. The van der Waals surface area contributed by atoms with E-state index in [1.807, 2.05) is 0 Å². The second kappa shape index (κ2) is 7.02. The maximum Gasteiger partial charge on any atom is 0.340 e. The molecule has 10 heteroatoms. The van der Waals surface area contributed by atoms with Gasteiger partial charge in [0.25, 0.3) is 5.91 Å². The standard InChI is InChI=1S/C14H14F4N2O4/c15-13(16)14(17,18)7-24-10-4-3-8(6-19-10)11(21)20-5-1-2-9(20)12(22)23/h3-4,6,9,13H,1-2,5,7H2,(H,22,23). The van der Waals surface area contributed by atoms with E-state index in [9.17, 15) is 27.2 Å². The number of carbonyl (C=O) groups is 2. The lowest BCUT2D eigenvalue weighted by atomic mass is 10.2. The van der Waals surface area contributed by atoms with Crippen molar-refractivity contribution in [1.29, 1.82) is 0 Å². The van der Waals surface area contributed by atoms with Gasteiger partial charge in [-0.05, 0) is 18.9 Å². The molecule has 2 heterocycles. The zero-order valence-corrected chi connectivity index (χ0v) is 12.3. The number of rotatable bonds is 6. The molecular weight excluding hydrogens is 336 g/mol. The highest BCUT2D eigenvalue weighted by atomic mass is 19.3. The second-order valence-corrected chi connectivity index (χ2v) is 5.23. The van der Waals surface area contributed by atoms with Crippen LogP contribution in [0.15, 0.2) is 18.3 Å². The molecule has 0 bridgehead atoms. The number of nitrogens with zero attached hydrogens (tertiary/aromatic N) is 2. The lowest BCUT2D eigenvalue weighted by Crippen LogP contribution is -2.40. The quantitative estimate of drug-likeness (QED) is 0.795. The molecule has 1 fully saturated rings. The van der Waals surface area contributed by atoms with E-state index in [4.69, 9.17) is 5.11 Å². The Bertz CT molecular complexity index is 609. The van der Waals surface area contributed by atoms with E-state index < -0.39 is 36.9 Å². The van der Waals surface area contributed by atoms with Crippen LogP contribution in [0.25, 0.3) is 0 Å². The minimum absolute atomic E-state index is 0.0520. The number of ether oxygens (including phenoxy) is 1. The van der Waals surface area contributed by atoms with Crippen LogP contribution in [-0.2, 0) is 4.79 Å². The van der Waals surface area contributed by atoms with Crippen LogP contribution in [0.4, 0.5) is 17.6 Å². The first kappa shape index (κ1) is 18.0. The third kappa shape index (κ3) is 3.92. The van der Waals surface area contributed by atoms with Crippen LogP contribution in [0.1, 0.15) is 23.2 Å². The maximum atomic E-state index is 12.7. The molecule has 0 spiro atoms. The molecule has 24 heavy (non-hydrogen) atoms. The minimum Gasteiger partial charge on any atom is -0.480 e. The van der Waals surface area contributed by atoms with Crippen molar-refractivity contribution >= 4 is 11.9 Å². The number of likely N-dealkylation sites (tertiary alicyclic amines) is 1. The van der Waals surface area contributed by atoms with Crippen molar-refractivity contribution in [3.05, 3.63) is 23.9 Å². The highest BCUT2D eigenvalue weighted by Crippen LogP contribution is 2.24. The summed E-state index contributed by atoms with van der Waals surface area (Å²) >= 11 is 0. The topological polar surface area (TPSA) is 79.7 Å². The molecule has 1 saturated heterocycles. The lowest BCUT2D eigenvalue weighted by Gasteiger charge is -2.21. The van der Waals surface area contributed by atoms with E-state index in [1.165, 1.54) is 11.0 Å². The number of carboxylic acids is 1. The van der Waals surface area contributed by atoms with E-state index in [0.29, 0.717) is 12.8 Å². The zero-order valence-electron chi connectivity index (χ0n) is 12.3. The van der Waals surface area contributed by atoms with Gasteiger partial charge in [-0.2, -0.15) is 8.78 Å².